The van der Waals surface area contributed by atoms with E-state index in [1.165, 1.54) is 16.4 Å². The summed E-state index contributed by atoms with van der Waals surface area (Å²) in [5, 5.41) is 10.9. The number of nitrogens with zero attached hydrogens (tertiary/aromatic N) is 3. The highest BCUT2D eigenvalue weighted by Crippen LogP contribution is 2.25. The summed E-state index contributed by atoms with van der Waals surface area (Å²) in [7, 11) is -3.86. The number of alkyl halides is 3. The molecule has 0 aromatic heterocycles. The lowest BCUT2D eigenvalue weighted by Crippen LogP contribution is -2.48. The second-order valence-corrected chi connectivity index (χ2v) is 8.56. The van der Waals surface area contributed by atoms with Crippen LogP contribution in [0.2, 0.25) is 0 Å². The minimum Gasteiger partial charge on any atom is -0.406 e. The van der Waals surface area contributed by atoms with Crippen LogP contribution in [0.25, 0.3) is 0 Å². The second kappa shape index (κ2) is 8.58. The molecule has 0 N–H and O–H groups in total. The first-order valence-corrected chi connectivity index (χ1v) is 10.3. The normalized spacial score (nSPS) is 16.4. The van der Waals surface area contributed by atoms with Crippen LogP contribution in [0.3, 0.4) is 0 Å². The standard InChI is InChI=1S/C18H18F3N3O5S/c19-18(20,21)29-16-4-6-17(7-5-16)30(27,28)23-10-8-22(9-11-23)13-14-2-1-3-15(12-14)24(25)26/h1-7,12H,8-11,13H2. The predicted molar refractivity (Wildman–Crippen MR) is 100 cm³/mol. The van der Waals surface area contributed by atoms with Crippen LogP contribution in [0.15, 0.2) is 53.4 Å². The fraction of sp³-hybridized carbons (Fsp3) is 0.333. The van der Waals surface area contributed by atoms with Crippen molar-refractivity contribution >= 4 is 15.7 Å². The summed E-state index contributed by atoms with van der Waals surface area (Å²) in [6, 6.07) is 10.3. The van der Waals surface area contributed by atoms with Gasteiger partial charge in [0.05, 0.1) is 9.82 Å². The zero-order chi connectivity index (χ0) is 21.9. The zero-order valence-electron chi connectivity index (χ0n) is 15.6. The molecule has 3 rings (SSSR count). The average molecular weight is 445 g/mol. The van der Waals surface area contributed by atoms with Crippen molar-refractivity contribution in [2.75, 3.05) is 26.2 Å². The summed E-state index contributed by atoms with van der Waals surface area (Å²) in [6.07, 6.45) is -4.85. The van der Waals surface area contributed by atoms with Crippen LogP contribution in [0, 0.1) is 10.1 Å². The van der Waals surface area contributed by atoms with Crippen LogP contribution >= 0.6 is 0 Å². The van der Waals surface area contributed by atoms with E-state index in [0.717, 1.165) is 29.8 Å². The molecule has 30 heavy (non-hydrogen) atoms. The summed E-state index contributed by atoms with van der Waals surface area (Å²) in [4.78, 5) is 12.3. The Morgan fingerprint density at radius 1 is 1.03 bits per heavy atom. The highest BCUT2D eigenvalue weighted by Gasteiger charge is 2.32. The fourth-order valence-corrected chi connectivity index (χ4v) is 4.54. The average Bonchev–Trinajstić information content (AvgIpc) is 2.68. The number of nitro benzene ring substituents is 1. The molecule has 1 heterocycles. The van der Waals surface area contributed by atoms with Gasteiger partial charge in [-0.2, -0.15) is 4.31 Å². The Bertz CT molecular complexity index is 1000. The molecule has 0 saturated carbocycles. The number of benzene rings is 2. The molecule has 2 aromatic carbocycles. The smallest absolute Gasteiger partial charge is 0.406 e. The first-order chi connectivity index (χ1) is 14.0. The molecule has 0 amide bonds. The van der Waals surface area contributed by atoms with Crippen molar-refractivity contribution < 1.29 is 31.2 Å². The number of piperazine rings is 1. The van der Waals surface area contributed by atoms with Gasteiger partial charge in [0.2, 0.25) is 10.0 Å². The molecule has 0 bridgehead atoms. The van der Waals surface area contributed by atoms with E-state index in [1.807, 2.05) is 4.90 Å². The molecule has 0 radical (unpaired) electrons. The van der Waals surface area contributed by atoms with E-state index in [1.54, 1.807) is 12.1 Å². The highest BCUT2D eigenvalue weighted by molar-refractivity contribution is 7.89. The van der Waals surface area contributed by atoms with E-state index in [2.05, 4.69) is 4.74 Å². The third-order valence-corrected chi connectivity index (χ3v) is 6.47. The molecular weight excluding hydrogens is 427 g/mol. The van der Waals surface area contributed by atoms with E-state index >= 15 is 0 Å². The van der Waals surface area contributed by atoms with Gasteiger partial charge in [0.25, 0.3) is 5.69 Å². The summed E-state index contributed by atoms with van der Waals surface area (Å²) >= 11 is 0. The lowest BCUT2D eigenvalue weighted by atomic mass is 10.2. The molecule has 0 atom stereocenters. The van der Waals surface area contributed by atoms with Crippen LogP contribution in [-0.2, 0) is 16.6 Å². The zero-order valence-corrected chi connectivity index (χ0v) is 16.4. The lowest BCUT2D eigenvalue weighted by Gasteiger charge is -2.34. The third kappa shape index (κ3) is 5.46. The molecule has 1 saturated heterocycles. The quantitative estimate of drug-likeness (QED) is 0.501. The van der Waals surface area contributed by atoms with Gasteiger partial charge in [-0.15, -0.1) is 13.2 Å². The molecular formula is C18H18F3N3O5S. The van der Waals surface area contributed by atoms with Crippen LogP contribution < -0.4 is 4.74 Å². The molecule has 0 spiro atoms. The number of hydrogen-bond donors (Lipinski definition) is 0. The van der Waals surface area contributed by atoms with Gasteiger partial charge in [-0.3, -0.25) is 15.0 Å². The Balaban J connectivity index is 1.61. The molecule has 1 aliphatic rings. The van der Waals surface area contributed by atoms with Gasteiger partial charge >= 0.3 is 6.36 Å². The molecule has 8 nitrogen and oxygen atoms in total. The largest absolute Gasteiger partial charge is 0.573 e. The van der Waals surface area contributed by atoms with Crippen LogP contribution in [0.4, 0.5) is 18.9 Å². The minimum absolute atomic E-state index is 0.00772. The van der Waals surface area contributed by atoms with Crippen molar-refractivity contribution in [3.8, 4) is 5.75 Å². The number of sulfonamides is 1. The number of rotatable bonds is 6. The van der Waals surface area contributed by atoms with Crippen molar-refractivity contribution in [2.45, 2.75) is 17.8 Å². The van der Waals surface area contributed by atoms with Gasteiger partial charge < -0.3 is 4.74 Å². The van der Waals surface area contributed by atoms with Gasteiger partial charge in [-0.1, -0.05) is 12.1 Å². The molecule has 1 fully saturated rings. The summed E-state index contributed by atoms with van der Waals surface area (Å²) in [5.41, 5.74) is 0.743. The first-order valence-electron chi connectivity index (χ1n) is 8.86. The maximum atomic E-state index is 12.7. The van der Waals surface area contributed by atoms with Crippen LogP contribution in [0.1, 0.15) is 5.56 Å². The Morgan fingerprint density at radius 3 is 2.23 bits per heavy atom. The Kier molecular flexibility index (Phi) is 6.29. The van der Waals surface area contributed by atoms with E-state index in [0.29, 0.717) is 19.6 Å². The molecule has 2 aromatic rings. The highest BCUT2D eigenvalue weighted by atomic mass is 32.2. The monoisotopic (exact) mass is 445 g/mol. The van der Waals surface area contributed by atoms with E-state index in [9.17, 15) is 31.7 Å². The van der Waals surface area contributed by atoms with Crippen LogP contribution in [0.5, 0.6) is 5.75 Å². The molecule has 0 unspecified atom stereocenters. The Morgan fingerprint density at radius 2 is 1.67 bits per heavy atom. The molecule has 1 aliphatic heterocycles. The summed E-state index contributed by atoms with van der Waals surface area (Å²) in [5.74, 6) is -0.497. The summed E-state index contributed by atoms with van der Waals surface area (Å²) < 4.78 is 67.2. The van der Waals surface area contributed by atoms with Gasteiger partial charge in [0, 0.05) is 44.9 Å². The number of ether oxygens (including phenoxy) is 1. The maximum absolute atomic E-state index is 12.7. The maximum Gasteiger partial charge on any atom is 0.573 e. The number of halogens is 3. The Labute approximate surface area is 170 Å². The van der Waals surface area contributed by atoms with Crippen LogP contribution in [-0.4, -0.2) is 55.1 Å². The van der Waals surface area contributed by atoms with Crippen molar-refractivity contribution in [2.24, 2.45) is 0 Å². The van der Waals surface area contributed by atoms with Gasteiger partial charge in [-0.05, 0) is 29.8 Å². The number of hydrogen-bond acceptors (Lipinski definition) is 6. The van der Waals surface area contributed by atoms with Crippen molar-refractivity contribution in [1.29, 1.82) is 0 Å². The van der Waals surface area contributed by atoms with Gasteiger partial charge in [0.1, 0.15) is 5.75 Å². The van der Waals surface area contributed by atoms with E-state index < -0.39 is 27.1 Å². The van der Waals surface area contributed by atoms with E-state index in [-0.39, 0.29) is 23.7 Å². The number of nitro groups is 1. The van der Waals surface area contributed by atoms with E-state index in [4.69, 9.17) is 0 Å². The third-order valence-electron chi connectivity index (χ3n) is 4.55. The molecule has 162 valence electrons. The lowest BCUT2D eigenvalue weighted by molar-refractivity contribution is -0.384. The second-order valence-electron chi connectivity index (χ2n) is 6.63. The first kappa shape index (κ1) is 22.0. The topological polar surface area (TPSA) is 93.0 Å². The fourth-order valence-electron chi connectivity index (χ4n) is 3.12. The SMILES string of the molecule is O=[N+]([O-])c1cccc(CN2CCN(S(=O)(=O)c3ccc(OC(F)(F)F)cc3)CC2)c1. The number of non-ortho nitro benzene ring substituents is 1. The molecule has 0 aliphatic carbocycles. The van der Waals surface area contributed by atoms with Gasteiger partial charge in [-0.25, -0.2) is 8.42 Å². The van der Waals surface area contributed by atoms with Crippen molar-refractivity contribution in [3.63, 3.8) is 0 Å². The van der Waals surface area contributed by atoms with Crippen molar-refractivity contribution in [1.82, 2.24) is 9.21 Å². The Hall–Kier alpha value is -2.70. The molecule has 12 heteroatoms. The minimum atomic E-state index is -4.85. The van der Waals surface area contributed by atoms with Crippen molar-refractivity contribution in [3.05, 3.63) is 64.2 Å². The van der Waals surface area contributed by atoms with Gasteiger partial charge in [0.15, 0.2) is 0 Å². The summed E-state index contributed by atoms with van der Waals surface area (Å²) in [6.45, 7) is 1.66. The predicted octanol–water partition coefficient (Wildman–Crippen LogP) is 3.00.